The highest BCUT2D eigenvalue weighted by Crippen LogP contribution is 2.31. The van der Waals surface area contributed by atoms with Crippen molar-refractivity contribution < 1.29 is 4.42 Å². The number of pyridine rings is 2. The number of aromatic nitrogens is 3. The molecule has 0 bridgehead atoms. The van der Waals surface area contributed by atoms with Crippen molar-refractivity contribution in [1.29, 1.82) is 0 Å². The van der Waals surface area contributed by atoms with Crippen LogP contribution in [0.1, 0.15) is 18.4 Å². The number of nitrogen functional groups attached to an aromatic ring is 1. The van der Waals surface area contributed by atoms with Gasteiger partial charge in [-0.1, -0.05) is 18.2 Å². The van der Waals surface area contributed by atoms with Gasteiger partial charge in [0.2, 0.25) is 5.89 Å². The van der Waals surface area contributed by atoms with Crippen molar-refractivity contribution in [3.05, 3.63) is 60.4 Å². The number of nitrogens with zero attached hydrogens (tertiary/aromatic N) is 4. The van der Waals surface area contributed by atoms with Gasteiger partial charge in [-0.2, -0.15) is 4.98 Å². The fourth-order valence-electron chi connectivity index (χ4n) is 3.74. The molecule has 1 aliphatic rings. The average Bonchev–Trinajstić information content (AvgIpc) is 3.38. The number of fused-ring (bicyclic) bond motifs is 1. The molecule has 1 aromatic carbocycles. The molecule has 3 aromatic heterocycles. The van der Waals surface area contributed by atoms with Crippen molar-refractivity contribution in [1.82, 2.24) is 19.9 Å². The first-order chi connectivity index (χ1) is 13.8. The van der Waals surface area contributed by atoms with Crippen LogP contribution in [0.25, 0.3) is 33.8 Å². The summed E-state index contributed by atoms with van der Waals surface area (Å²) in [5.41, 5.74) is 11.4. The molecule has 140 valence electrons. The van der Waals surface area contributed by atoms with Crippen LogP contribution >= 0.6 is 0 Å². The topological polar surface area (TPSA) is 81.1 Å². The summed E-state index contributed by atoms with van der Waals surface area (Å²) in [6.07, 6.45) is 6.09. The molecule has 4 heterocycles. The molecule has 28 heavy (non-hydrogen) atoms. The molecule has 0 radical (unpaired) electrons. The number of hydrogen-bond donors (Lipinski definition) is 1. The molecule has 2 N–H and O–H groups in total. The number of likely N-dealkylation sites (tertiary alicyclic amines) is 1. The lowest BCUT2D eigenvalue weighted by molar-refractivity contribution is 0.331. The summed E-state index contributed by atoms with van der Waals surface area (Å²) in [5, 5.41) is 0. The summed E-state index contributed by atoms with van der Waals surface area (Å²) in [4.78, 5) is 15.6. The van der Waals surface area contributed by atoms with Crippen LogP contribution in [0, 0.1) is 0 Å². The molecule has 0 amide bonds. The van der Waals surface area contributed by atoms with Crippen molar-refractivity contribution in [2.24, 2.45) is 0 Å². The first-order valence-electron chi connectivity index (χ1n) is 9.55. The lowest BCUT2D eigenvalue weighted by atomic mass is 10.0. The highest BCUT2D eigenvalue weighted by atomic mass is 16.3. The second-order valence-corrected chi connectivity index (χ2v) is 7.18. The summed E-state index contributed by atoms with van der Waals surface area (Å²) in [6.45, 7) is 3.35. The number of nitrogens with two attached hydrogens (primary N) is 1. The second-order valence-electron chi connectivity index (χ2n) is 7.18. The van der Waals surface area contributed by atoms with Gasteiger partial charge in [-0.3, -0.25) is 4.90 Å². The van der Waals surface area contributed by atoms with Crippen molar-refractivity contribution >= 4 is 17.0 Å². The van der Waals surface area contributed by atoms with Gasteiger partial charge in [-0.05, 0) is 61.3 Å². The van der Waals surface area contributed by atoms with Crippen LogP contribution in [-0.4, -0.2) is 32.9 Å². The van der Waals surface area contributed by atoms with Gasteiger partial charge in [0, 0.05) is 24.5 Å². The Balaban J connectivity index is 1.50. The fraction of sp³-hybridized carbons (Fsp3) is 0.227. The monoisotopic (exact) mass is 371 g/mol. The highest BCUT2D eigenvalue weighted by molar-refractivity contribution is 5.79. The Morgan fingerprint density at radius 1 is 1.00 bits per heavy atom. The maximum atomic E-state index is 6.12. The Morgan fingerprint density at radius 2 is 1.89 bits per heavy atom. The molecule has 1 aliphatic heterocycles. The second kappa shape index (κ2) is 7.05. The molecular formula is C22H21N5O. The third kappa shape index (κ3) is 3.23. The van der Waals surface area contributed by atoms with Crippen LogP contribution in [0.4, 0.5) is 5.82 Å². The molecule has 1 fully saturated rings. The van der Waals surface area contributed by atoms with Crippen LogP contribution in [-0.2, 0) is 6.54 Å². The van der Waals surface area contributed by atoms with E-state index in [2.05, 4.69) is 44.1 Å². The summed E-state index contributed by atoms with van der Waals surface area (Å²) in [6, 6.07) is 14.2. The normalized spacial score (nSPS) is 14.7. The van der Waals surface area contributed by atoms with Gasteiger partial charge in [0.05, 0.1) is 5.56 Å². The molecule has 0 saturated carbocycles. The van der Waals surface area contributed by atoms with E-state index in [9.17, 15) is 0 Å². The van der Waals surface area contributed by atoms with Gasteiger partial charge >= 0.3 is 0 Å². The predicted octanol–water partition coefficient (Wildman–Crippen LogP) is 4.13. The van der Waals surface area contributed by atoms with Crippen LogP contribution in [0.5, 0.6) is 0 Å². The molecule has 6 nitrogen and oxygen atoms in total. The van der Waals surface area contributed by atoms with Gasteiger partial charge < -0.3 is 10.2 Å². The summed E-state index contributed by atoms with van der Waals surface area (Å²) < 4.78 is 5.84. The molecule has 0 unspecified atom stereocenters. The standard InChI is InChI=1S/C22H21N5O/c23-20-18(22-26-21-19(28-22)7-4-8-24-21)12-17(13-25-20)16-6-3-5-15(11-16)14-27-9-1-2-10-27/h3-8,11-13H,1-2,9-10,14H2,(H2,23,25). The maximum absolute atomic E-state index is 6.12. The molecule has 6 heteroatoms. The minimum absolute atomic E-state index is 0.392. The lowest BCUT2D eigenvalue weighted by Crippen LogP contribution is -2.18. The van der Waals surface area contributed by atoms with Crippen molar-refractivity contribution in [2.75, 3.05) is 18.8 Å². The zero-order valence-electron chi connectivity index (χ0n) is 15.5. The average molecular weight is 371 g/mol. The van der Waals surface area contributed by atoms with Gasteiger partial charge in [-0.25, -0.2) is 9.97 Å². The Hall–Kier alpha value is -3.25. The molecule has 1 saturated heterocycles. The van der Waals surface area contributed by atoms with E-state index in [1.807, 2.05) is 18.2 Å². The summed E-state index contributed by atoms with van der Waals surface area (Å²) in [5.74, 6) is 0.831. The Kier molecular flexibility index (Phi) is 4.25. The van der Waals surface area contributed by atoms with E-state index >= 15 is 0 Å². The van der Waals surface area contributed by atoms with Crippen LogP contribution in [0.2, 0.25) is 0 Å². The zero-order valence-corrected chi connectivity index (χ0v) is 15.5. The SMILES string of the molecule is Nc1ncc(-c2cccc(CN3CCCC3)c2)cc1-c1nc2ncccc2o1. The van der Waals surface area contributed by atoms with Gasteiger partial charge in [0.15, 0.2) is 11.2 Å². The minimum Gasteiger partial charge on any atom is -0.434 e. The Labute approximate surface area is 163 Å². The van der Waals surface area contributed by atoms with Gasteiger partial charge in [0.1, 0.15) is 5.82 Å². The maximum Gasteiger partial charge on any atom is 0.232 e. The first-order valence-corrected chi connectivity index (χ1v) is 9.55. The lowest BCUT2D eigenvalue weighted by Gasteiger charge is -2.15. The van der Waals surface area contributed by atoms with Gasteiger partial charge in [-0.15, -0.1) is 0 Å². The molecule has 0 spiro atoms. The van der Waals surface area contributed by atoms with E-state index in [4.69, 9.17) is 10.2 Å². The number of hydrogen-bond acceptors (Lipinski definition) is 6. The summed E-state index contributed by atoms with van der Waals surface area (Å²) >= 11 is 0. The number of rotatable bonds is 4. The van der Waals surface area contributed by atoms with E-state index in [-0.39, 0.29) is 0 Å². The van der Waals surface area contributed by atoms with Crippen LogP contribution < -0.4 is 5.73 Å². The number of oxazole rings is 1. The predicted molar refractivity (Wildman–Crippen MR) is 109 cm³/mol. The van der Waals surface area contributed by atoms with E-state index in [0.717, 1.165) is 17.7 Å². The molecule has 5 rings (SSSR count). The first kappa shape index (κ1) is 16.9. The third-order valence-electron chi connectivity index (χ3n) is 5.18. The van der Waals surface area contributed by atoms with E-state index in [1.165, 1.54) is 31.5 Å². The van der Waals surface area contributed by atoms with Crippen LogP contribution in [0.15, 0.2) is 59.3 Å². The quantitative estimate of drug-likeness (QED) is 0.581. The molecular weight excluding hydrogens is 350 g/mol. The fourth-order valence-corrected chi connectivity index (χ4v) is 3.74. The van der Waals surface area contributed by atoms with Crippen molar-refractivity contribution in [3.63, 3.8) is 0 Å². The third-order valence-corrected chi connectivity index (χ3v) is 5.18. The van der Waals surface area contributed by atoms with Gasteiger partial charge in [0.25, 0.3) is 0 Å². The van der Waals surface area contributed by atoms with E-state index < -0.39 is 0 Å². The smallest absolute Gasteiger partial charge is 0.232 e. The number of benzene rings is 1. The van der Waals surface area contributed by atoms with Crippen molar-refractivity contribution in [2.45, 2.75) is 19.4 Å². The molecule has 4 aromatic rings. The Bertz CT molecular complexity index is 1100. The largest absolute Gasteiger partial charge is 0.434 e. The summed E-state index contributed by atoms with van der Waals surface area (Å²) in [7, 11) is 0. The van der Waals surface area contributed by atoms with Crippen molar-refractivity contribution in [3.8, 4) is 22.6 Å². The molecule has 0 aliphatic carbocycles. The minimum atomic E-state index is 0.392. The van der Waals surface area contributed by atoms with E-state index in [0.29, 0.717) is 28.5 Å². The van der Waals surface area contributed by atoms with E-state index in [1.54, 1.807) is 12.4 Å². The van der Waals surface area contributed by atoms with Crippen LogP contribution in [0.3, 0.4) is 0 Å². The number of anilines is 1. The zero-order chi connectivity index (χ0) is 18.9. The molecule has 0 atom stereocenters. The highest BCUT2D eigenvalue weighted by Gasteiger charge is 2.15. The Morgan fingerprint density at radius 3 is 2.75 bits per heavy atom.